The van der Waals surface area contributed by atoms with Gasteiger partial charge in [0.05, 0.1) is 0 Å². The maximum Gasteiger partial charge on any atom is 0.131 e. The first-order valence-corrected chi connectivity index (χ1v) is 4.19. The molecular weight excluding hydrogens is 182 g/mol. The molecule has 0 unspecified atom stereocenters. The third kappa shape index (κ3) is 1.79. The summed E-state index contributed by atoms with van der Waals surface area (Å²) in [5.41, 5.74) is 1.51. The van der Waals surface area contributed by atoms with Gasteiger partial charge < -0.3 is 0 Å². The lowest BCUT2D eigenvalue weighted by Crippen LogP contribution is -1.80. The normalized spacial score (nSPS) is 10.1. The Morgan fingerprint density at radius 3 is 2.21 bits per heavy atom. The van der Waals surface area contributed by atoms with Crippen LogP contribution in [0.5, 0.6) is 0 Å². The Kier molecular flexibility index (Phi) is 2.27. The second kappa shape index (κ2) is 3.58. The van der Waals surface area contributed by atoms with Gasteiger partial charge in [0.1, 0.15) is 11.6 Å². The molecule has 0 fully saturated rings. The zero-order valence-electron chi connectivity index (χ0n) is 7.30. The van der Waals surface area contributed by atoms with Crippen LogP contribution in [0.25, 0.3) is 11.1 Å². The maximum absolute atomic E-state index is 12.8. The highest BCUT2D eigenvalue weighted by molar-refractivity contribution is 5.62. The minimum atomic E-state index is -0.410. The Morgan fingerprint density at radius 2 is 1.57 bits per heavy atom. The molecule has 0 saturated heterocycles. The molecule has 69 valence electrons. The average Bonchev–Trinajstić information content (AvgIpc) is 2.19. The zero-order chi connectivity index (χ0) is 9.97. The summed E-state index contributed by atoms with van der Waals surface area (Å²) in [4.78, 5) is 0. The van der Waals surface area contributed by atoms with Crippen LogP contribution in [0.2, 0.25) is 0 Å². The van der Waals surface area contributed by atoms with Crippen LogP contribution < -0.4 is 0 Å². The number of halogens is 2. The van der Waals surface area contributed by atoms with Gasteiger partial charge in [0.15, 0.2) is 0 Å². The van der Waals surface area contributed by atoms with Crippen LogP contribution in [-0.4, -0.2) is 0 Å². The van der Waals surface area contributed by atoms with Crippen molar-refractivity contribution in [1.29, 1.82) is 0 Å². The fourth-order valence-electron chi connectivity index (χ4n) is 1.26. The van der Waals surface area contributed by atoms with E-state index in [-0.39, 0.29) is 5.82 Å². The SMILES string of the molecule is Fc1[c]ccc(-c2ccc(F)cc2)c1. The van der Waals surface area contributed by atoms with Crippen LogP contribution >= 0.6 is 0 Å². The molecule has 0 N–H and O–H groups in total. The Bertz CT molecular complexity index is 432. The number of hydrogen-bond acceptors (Lipinski definition) is 0. The molecular formula is C12H7F2. The molecule has 0 saturated carbocycles. The van der Waals surface area contributed by atoms with Crippen molar-refractivity contribution in [2.45, 2.75) is 0 Å². The number of benzene rings is 2. The summed E-state index contributed by atoms with van der Waals surface area (Å²) in [7, 11) is 0. The van der Waals surface area contributed by atoms with Crippen LogP contribution in [0, 0.1) is 17.7 Å². The number of hydrogen-bond donors (Lipinski definition) is 0. The van der Waals surface area contributed by atoms with Crippen molar-refractivity contribution in [1.82, 2.24) is 0 Å². The molecule has 0 aliphatic rings. The van der Waals surface area contributed by atoms with E-state index in [1.165, 1.54) is 24.3 Å². The first-order chi connectivity index (χ1) is 6.75. The van der Waals surface area contributed by atoms with E-state index in [1.807, 2.05) is 0 Å². The topological polar surface area (TPSA) is 0 Å². The maximum atomic E-state index is 12.8. The van der Waals surface area contributed by atoms with E-state index in [1.54, 1.807) is 18.2 Å². The molecule has 2 aromatic carbocycles. The van der Waals surface area contributed by atoms with Gasteiger partial charge in [-0.3, -0.25) is 0 Å². The van der Waals surface area contributed by atoms with E-state index < -0.39 is 5.82 Å². The first kappa shape index (κ1) is 8.88. The molecule has 0 amide bonds. The summed E-state index contributed by atoms with van der Waals surface area (Å²) >= 11 is 0. The van der Waals surface area contributed by atoms with E-state index in [9.17, 15) is 8.78 Å². The molecule has 0 nitrogen and oxygen atoms in total. The van der Waals surface area contributed by atoms with Gasteiger partial charge in [-0.1, -0.05) is 24.3 Å². The minimum absolute atomic E-state index is 0.295. The van der Waals surface area contributed by atoms with Gasteiger partial charge in [-0.25, -0.2) is 8.78 Å². The highest BCUT2D eigenvalue weighted by Crippen LogP contribution is 2.19. The monoisotopic (exact) mass is 189 g/mol. The van der Waals surface area contributed by atoms with E-state index in [2.05, 4.69) is 6.07 Å². The van der Waals surface area contributed by atoms with Gasteiger partial charge in [0, 0.05) is 6.07 Å². The molecule has 0 heterocycles. The summed E-state index contributed by atoms with van der Waals surface area (Å²) in [6, 6.07) is 13.0. The average molecular weight is 189 g/mol. The smallest absolute Gasteiger partial charge is 0.131 e. The van der Waals surface area contributed by atoms with Crippen molar-refractivity contribution in [3.05, 3.63) is 60.2 Å². The van der Waals surface area contributed by atoms with Gasteiger partial charge >= 0.3 is 0 Å². The molecule has 2 rings (SSSR count). The van der Waals surface area contributed by atoms with Gasteiger partial charge in [0.2, 0.25) is 0 Å². The summed E-state index contributed by atoms with van der Waals surface area (Å²) in [6.07, 6.45) is 0. The Labute approximate surface area is 80.8 Å². The molecule has 0 aliphatic carbocycles. The second-order valence-electron chi connectivity index (χ2n) is 2.93. The third-order valence-electron chi connectivity index (χ3n) is 1.94. The molecule has 0 bridgehead atoms. The minimum Gasteiger partial charge on any atom is -0.207 e. The largest absolute Gasteiger partial charge is 0.207 e. The van der Waals surface area contributed by atoms with E-state index in [0.29, 0.717) is 0 Å². The van der Waals surface area contributed by atoms with Gasteiger partial charge in [0.25, 0.3) is 0 Å². The van der Waals surface area contributed by atoms with Crippen molar-refractivity contribution in [3.8, 4) is 11.1 Å². The molecule has 0 atom stereocenters. The molecule has 2 heteroatoms. The summed E-state index contributed by atoms with van der Waals surface area (Å²) in [5, 5.41) is 0. The van der Waals surface area contributed by atoms with Crippen LogP contribution in [0.15, 0.2) is 42.5 Å². The lowest BCUT2D eigenvalue weighted by Gasteiger charge is -2.00. The molecule has 1 radical (unpaired) electrons. The lowest BCUT2D eigenvalue weighted by molar-refractivity contribution is 0.626. The molecule has 14 heavy (non-hydrogen) atoms. The first-order valence-electron chi connectivity index (χ1n) is 4.19. The summed E-state index contributed by atoms with van der Waals surface area (Å²) < 4.78 is 25.4. The zero-order valence-corrected chi connectivity index (χ0v) is 7.30. The number of rotatable bonds is 1. The van der Waals surface area contributed by atoms with Crippen LogP contribution in [0.3, 0.4) is 0 Å². The summed E-state index contributed by atoms with van der Waals surface area (Å²) in [6.45, 7) is 0. The molecule has 2 aromatic rings. The Balaban J connectivity index is 2.44. The van der Waals surface area contributed by atoms with E-state index in [0.717, 1.165) is 11.1 Å². The third-order valence-corrected chi connectivity index (χ3v) is 1.94. The fourth-order valence-corrected chi connectivity index (χ4v) is 1.26. The molecule has 0 aromatic heterocycles. The standard InChI is InChI=1S/C12H7F2/c13-11-6-4-9(5-7-11)10-2-1-3-12(14)8-10/h1-2,4-8H. The quantitative estimate of drug-likeness (QED) is 0.644. The second-order valence-corrected chi connectivity index (χ2v) is 2.93. The predicted molar refractivity (Wildman–Crippen MR) is 50.6 cm³/mol. The van der Waals surface area contributed by atoms with Crippen LogP contribution in [-0.2, 0) is 0 Å². The molecule has 0 aliphatic heterocycles. The Morgan fingerprint density at radius 1 is 0.857 bits per heavy atom. The van der Waals surface area contributed by atoms with Crippen molar-refractivity contribution < 1.29 is 8.78 Å². The predicted octanol–water partition coefficient (Wildman–Crippen LogP) is 3.43. The van der Waals surface area contributed by atoms with Crippen molar-refractivity contribution in [2.75, 3.05) is 0 Å². The van der Waals surface area contributed by atoms with Crippen LogP contribution in [0.4, 0.5) is 8.78 Å². The van der Waals surface area contributed by atoms with E-state index >= 15 is 0 Å². The lowest BCUT2D eigenvalue weighted by atomic mass is 10.1. The van der Waals surface area contributed by atoms with Gasteiger partial charge in [-0.05, 0) is 29.3 Å². The van der Waals surface area contributed by atoms with Gasteiger partial charge in [-0.15, -0.1) is 0 Å². The van der Waals surface area contributed by atoms with Crippen molar-refractivity contribution >= 4 is 0 Å². The molecule has 0 spiro atoms. The summed E-state index contributed by atoms with van der Waals surface area (Å²) in [5.74, 6) is -0.705. The van der Waals surface area contributed by atoms with E-state index in [4.69, 9.17) is 0 Å². The van der Waals surface area contributed by atoms with Gasteiger partial charge in [-0.2, -0.15) is 0 Å². The highest BCUT2D eigenvalue weighted by Gasteiger charge is 1.98. The Hall–Kier alpha value is -1.70. The highest BCUT2D eigenvalue weighted by atomic mass is 19.1. The van der Waals surface area contributed by atoms with Crippen LogP contribution in [0.1, 0.15) is 0 Å². The fraction of sp³-hybridized carbons (Fsp3) is 0. The van der Waals surface area contributed by atoms with Crippen molar-refractivity contribution in [3.63, 3.8) is 0 Å². The van der Waals surface area contributed by atoms with Crippen molar-refractivity contribution in [2.24, 2.45) is 0 Å².